The number of hydrazone groups is 1. The molecule has 3 rings (SSSR count). The second kappa shape index (κ2) is 9.71. The Morgan fingerprint density at radius 2 is 1.93 bits per heavy atom. The Hall–Kier alpha value is -2.93. The van der Waals surface area contributed by atoms with E-state index in [-0.39, 0.29) is 12.6 Å². The van der Waals surface area contributed by atoms with Gasteiger partial charge in [0, 0.05) is 36.2 Å². The van der Waals surface area contributed by atoms with E-state index in [1.54, 1.807) is 24.3 Å². The first-order chi connectivity index (χ1) is 14.4. The molecule has 1 heterocycles. The topological polar surface area (TPSA) is 65.0 Å². The number of amides is 3. The van der Waals surface area contributed by atoms with Crippen LogP contribution in [0, 0.1) is 5.82 Å². The highest BCUT2D eigenvalue weighted by molar-refractivity contribution is 6.34. The number of rotatable bonds is 6. The minimum absolute atomic E-state index is 0.181. The minimum atomic E-state index is -0.614. The van der Waals surface area contributed by atoms with Gasteiger partial charge in [-0.1, -0.05) is 54.9 Å². The van der Waals surface area contributed by atoms with Crippen LogP contribution in [0.25, 0.3) is 0 Å². The zero-order valence-electron chi connectivity index (χ0n) is 16.9. The standard InChI is InChI=1S/C22H24ClFN4O2/c1-3-12-25-22(30)27(2)14-21(29)28-20(16-9-5-7-11-18(16)24)13-19(26-28)15-8-4-6-10-17(15)23/h4-11,20H,3,12-14H2,1-2H3,(H,25,30)/t20-/m1/s1. The van der Waals surface area contributed by atoms with E-state index in [4.69, 9.17) is 11.6 Å². The van der Waals surface area contributed by atoms with Gasteiger partial charge in [-0.2, -0.15) is 5.10 Å². The molecule has 0 aromatic heterocycles. The Labute approximate surface area is 180 Å². The molecular weight excluding hydrogens is 407 g/mol. The van der Waals surface area contributed by atoms with E-state index in [1.807, 2.05) is 25.1 Å². The predicted octanol–water partition coefficient (Wildman–Crippen LogP) is 4.21. The van der Waals surface area contributed by atoms with Crippen molar-refractivity contribution in [2.45, 2.75) is 25.8 Å². The summed E-state index contributed by atoms with van der Waals surface area (Å²) in [5, 5.41) is 8.98. The molecule has 0 unspecified atom stereocenters. The SMILES string of the molecule is CCCNC(=O)N(C)CC(=O)N1N=C(c2ccccc2Cl)C[C@@H]1c1ccccc1F. The first-order valence-corrected chi connectivity index (χ1v) is 10.2. The molecule has 2 aromatic rings. The Morgan fingerprint density at radius 1 is 1.23 bits per heavy atom. The summed E-state index contributed by atoms with van der Waals surface area (Å²) in [5.41, 5.74) is 1.67. The van der Waals surface area contributed by atoms with Gasteiger partial charge in [0.1, 0.15) is 12.4 Å². The molecular formula is C22H24ClFN4O2. The molecule has 0 aliphatic carbocycles. The number of urea groups is 1. The maximum atomic E-state index is 14.5. The number of carbonyl (C=O) groups excluding carboxylic acids is 2. The maximum Gasteiger partial charge on any atom is 0.317 e. The minimum Gasteiger partial charge on any atom is -0.338 e. The number of nitrogens with one attached hydrogen (secondary N) is 1. The number of benzene rings is 2. The first-order valence-electron chi connectivity index (χ1n) is 9.80. The van der Waals surface area contributed by atoms with E-state index in [1.165, 1.54) is 23.0 Å². The zero-order chi connectivity index (χ0) is 21.7. The third-order valence-electron chi connectivity index (χ3n) is 4.86. The molecule has 0 saturated carbocycles. The number of hydrogen-bond donors (Lipinski definition) is 1. The normalized spacial score (nSPS) is 15.7. The quantitative estimate of drug-likeness (QED) is 0.746. The second-order valence-corrected chi connectivity index (χ2v) is 7.50. The molecule has 6 nitrogen and oxygen atoms in total. The van der Waals surface area contributed by atoms with Crippen molar-refractivity contribution >= 4 is 29.3 Å². The first kappa shape index (κ1) is 21.8. The van der Waals surface area contributed by atoms with Crippen LogP contribution < -0.4 is 5.32 Å². The summed E-state index contributed by atoms with van der Waals surface area (Å²) >= 11 is 6.31. The van der Waals surface area contributed by atoms with Crippen LogP contribution in [0.15, 0.2) is 53.6 Å². The van der Waals surface area contributed by atoms with E-state index in [2.05, 4.69) is 10.4 Å². The zero-order valence-corrected chi connectivity index (χ0v) is 17.7. The Kier molecular flexibility index (Phi) is 7.05. The summed E-state index contributed by atoms with van der Waals surface area (Å²) in [5.74, 6) is -0.815. The number of likely N-dealkylation sites (N-methyl/N-ethyl adjacent to an activating group) is 1. The van der Waals surface area contributed by atoms with Crippen LogP contribution in [0.3, 0.4) is 0 Å². The molecule has 8 heteroatoms. The molecule has 1 N–H and O–H groups in total. The summed E-state index contributed by atoms with van der Waals surface area (Å²) in [6.45, 7) is 2.28. The van der Waals surface area contributed by atoms with E-state index in [0.717, 1.165) is 6.42 Å². The van der Waals surface area contributed by atoms with Gasteiger partial charge in [-0.25, -0.2) is 14.2 Å². The molecule has 1 aliphatic rings. The van der Waals surface area contributed by atoms with Crippen molar-refractivity contribution in [1.82, 2.24) is 15.2 Å². The fraction of sp³-hybridized carbons (Fsp3) is 0.318. The van der Waals surface area contributed by atoms with Crippen molar-refractivity contribution in [3.8, 4) is 0 Å². The molecule has 0 fully saturated rings. The molecule has 1 aliphatic heterocycles. The lowest BCUT2D eigenvalue weighted by Gasteiger charge is -2.25. The Morgan fingerprint density at radius 3 is 2.63 bits per heavy atom. The maximum absolute atomic E-state index is 14.5. The van der Waals surface area contributed by atoms with E-state index in [9.17, 15) is 14.0 Å². The monoisotopic (exact) mass is 430 g/mol. The fourth-order valence-corrected chi connectivity index (χ4v) is 3.54. The van der Waals surface area contributed by atoms with Gasteiger partial charge < -0.3 is 10.2 Å². The molecule has 158 valence electrons. The van der Waals surface area contributed by atoms with Gasteiger partial charge in [0.15, 0.2) is 0 Å². The third-order valence-corrected chi connectivity index (χ3v) is 5.19. The van der Waals surface area contributed by atoms with Gasteiger partial charge >= 0.3 is 6.03 Å². The molecule has 2 aromatic carbocycles. The highest BCUT2D eigenvalue weighted by Gasteiger charge is 2.35. The van der Waals surface area contributed by atoms with E-state index in [0.29, 0.717) is 34.8 Å². The van der Waals surface area contributed by atoms with Gasteiger partial charge in [-0.05, 0) is 18.6 Å². The van der Waals surface area contributed by atoms with Crippen LogP contribution in [0.4, 0.5) is 9.18 Å². The van der Waals surface area contributed by atoms with Crippen LogP contribution in [0.1, 0.15) is 36.9 Å². The molecule has 1 atom stereocenters. The number of nitrogens with zero attached hydrogens (tertiary/aromatic N) is 3. The lowest BCUT2D eigenvalue weighted by molar-refractivity contribution is -0.133. The van der Waals surface area contributed by atoms with Crippen LogP contribution in [-0.4, -0.2) is 47.7 Å². The van der Waals surface area contributed by atoms with E-state index >= 15 is 0 Å². The Balaban J connectivity index is 1.88. The lowest BCUT2D eigenvalue weighted by atomic mass is 9.98. The van der Waals surface area contributed by atoms with Crippen molar-refractivity contribution in [1.29, 1.82) is 0 Å². The van der Waals surface area contributed by atoms with Gasteiger partial charge in [0.2, 0.25) is 0 Å². The summed E-state index contributed by atoms with van der Waals surface area (Å²) < 4.78 is 14.5. The third kappa shape index (κ3) is 4.79. The van der Waals surface area contributed by atoms with Crippen molar-refractivity contribution < 1.29 is 14.0 Å². The molecule has 30 heavy (non-hydrogen) atoms. The van der Waals surface area contributed by atoms with Crippen LogP contribution >= 0.6 is 11.6 Å². The van der Waals surface area contributed by atoms with Crippen molar-refractivity contribution in [3.05, 3.63) is 70.5 Å². The average Bonchev–Trinajstić information content (AvgIpc) is 3.17. The molecule has 0 bridgehead atoms. The second-order valence-electron chi connectivity index (χ2n) is 7.09. The van der Waals surface area contributed by atoms with Gasteiger partial charge in [0.05, 0.1) is 11.8 Å². The number of hydrogen-bond acceptors (Lipinski definition) is 3. The smallest absolute Gasteiger partial charge is 0.317 e. The summed E-state index contributed by atoms with van der Waals surface area (Å²) in [4.78, 5) is 26.4. The van der Waals surface area contributed by atoms with Gasteiger partial charge in [-0.15, -0.1) is 0 Å². The van der Waals surface area contributed by atoms with Crippen molar-refractivity contribution in [2.24, 2.45) is 5.10 Å². The van der Waals surface area contributed by atoms with Crippen molar-refractivity contribution in [3.63, 3.8) is 0 Å². The Bertz CT molecular complexity index is 966. The van der Waals surface area contributed by atoms with Gasteiger partial charge in [-0.3, -0.25) is 4.79 Å². The average molecular weight is 431 g/mol. The van der Waals surface area contributed by atoms with E-state index < -0.39 is 17.8 Å². The summed E-state index contributed by atoms with van der Waals surface area (Å²) in [6, 6.07) is 12.6. The van der Waals surface area contributed by atoms with Crippen LogP contribution in [-0.2, 0) is 4.79 Å². The van der Waals surface area contributed by atoms with Gasteiger partial charge in [0.25, 0.3) is 5.91 Å². The predicted molar refractivity (Wildman–Crippen MR) is 115 cm³/mol. The largest absolute Gasteiger partial charge is 0.338 e. The highest BCUT2D eigenvalue weighted by atomic mass is 35.5. The molecule has 0 saturated heterocycles. The van der Waals surface area contributed by atoms with Crippen LogP contribution in [0.5, 0.6) is 0 Å². The fourth-order valence-electron chi connectivity index (χ4n) is 3.30. The van der Waals surface area contributed by atoms with Crippen molar-refractivity contribution in [2.75, 3.05) is 20.1 Å². The molecule has 3 amide bonds. The lowest BCUT2D eigenvalue weighted by Crippen LogP contribution is -2.43. The summed E-state index contributed by atoms with van der Waals surface area (Å²) in [6.07, 6.45) is 1.11. The molecule has 0 spiro atoms. The summed E-state index contributed by atoms with van der Waals surface area (Å²) in [7, 11) is 1.54. The number of halogens is 2. The highest BCUT2D eigenvalue weighted by Crippen LogP contribution is 2.35. The van der Waals surface area contributed by atoms with Crippen LogP contribution in [0.2, 0.25) is 5.02 Å². The molecule has 0 radical (unpaired) electrons. The number of carbonyl (C=O) groups is 2.